The quantitative estimate of drug-likeness (QED) is 0.863. The van der Waals surface area contributed by atoms with E-state index in [1.807, 2.05) is 49.1 Å². The summed E-state index contributed by atoms with van der Waals surface area (Å²) < 4.78 is 0. The highest BCUT2D eigenvalue weighted by Crippen LogP contribution is 2.39. The van der Waals surface area contributed by atoms with Crippen LogP contribution < -0.4 is 5.73 Å². The summed E-state index contributed by atoms with van der Waals surface area (Å²) in [4.78, 5) is 18.6. The Morgan fingerprint density at radius 3 is 2.58 bits per heavy atom. The van der Waals surface area contributed by atoms with Crippen LogP contribution in [0.2, 0.25) is 0 Å². The Balaban J connectivity index is 0.00000117. The molecule has 3 rings (SSSR count). The second-order valence-corrected chi connectivity index (χ2v) is 6.39. The number of hydrogen-bond donors (Lipinski definition) is 1. The standard InChI is InChI=1S/C20H23N3O.C2H6/c1-3-15-6-8-16(9-7-15)10-12-23-18(24)13-14(2)19(23)17-5-4-11-22-20(17)21;1-2/h3-9,11,14,19H,1,10,12-13H2,2H3,(H2,21,22);1-2H3. The highest BCUT2D eigenvalue weighted by molar-refractivity contribution is 5.80. The molecule has 2 aromatic rings. The largest absolute Gasteiger partial charge is 0.383 e. The van der Waals surface area contributed by atoms with Gasteiger partial charge in [-0.15, -0.1) is 0 Å². The van der Waals surface area contributed by atoms with E-state index in [2.05, 4.69) is 30.6 Å². The number of carbonyl (C=O) groups is 1. The van der Waals surface area contributed by atoms with Crippen LogP contribution >= 0.6 is 0 Å². The number of amides is 1. The number of likely N-dealkylation sites (tertiary alicyclic amines) is 1. The zero-order valence-electron chi connectivity index (χ0n) is 16.0. The van der Waals surface area contributed by atoms with E-state index in [9.17, 15) is 4.79 Å². The van der Waals surface area contributed by atoms with Crippen molar-refractivity contribution >= 4 is 17.8 Å². The molecule has 2 unspecified atom stereocenters. The molecule has 1 aromatic carbocycles. The second kappa shape index (κ2) is 9.18. The Morgan fingerprint density at radius 1 is 1.27 bits per heavy atom. The van der Waals surface area contributed by atoms with Crippen LogP contribution in [0.5, 0.6) is 0 Å². The maximum Gasteiger partial charge on any atom is 0.223 e. The molecule has 1 amide bonds. The van der Waals surface area contributed by atoms with E-state index in [-0.39, 0.29) is 17.9 Å². The number of hydrogen-bond acceptors (Lipinski definition) is 3. The third-order valence-electron chi connectivity index (χ3n) is 4.74. The van der Waals surface area contributed by atoms with Gasteiger partial charge in [0.25, 0.3) is 0 Å². The minimum absolute atomic E-state index is 0.0126. The Bertz CT molecular complexity index is 739. The molecule has 4 nitrogen and oxygen atoms in total. The fourth-order valence-corrected chi connectivity index (χ4v) is 3.45. The summed E-state index contributed by atoms with van der Waals surface area (Å²) in [6.45, 7) is 10.6. The van der Waals surface area contributed by atoms with E-state index < -0.39 is 0 Å². The molecule has 1 aromatic heterocycles. The number of aromatic nitrogens is 1. The molecule has 0 bridgehead atoms. The summed E-state index contributed by atoms with van der Waals surface area (Å²) in [5, 5.41) is 0. The first-order valence-electron chi connectivity index (χ1n) is 9.31. The van der Waals surface area contributed by atoms with Crippen molar-refractivity contribution < 1.29 is 4.79 Å². The van der Waals surface area contributed by atoms with Gasteiger partial charge in [-0.2, -0.15) is 0 Å². The van der Waals surface area contributed by atoms with E-state index in [0.29, 0.717) is 18.8 Å². The van der Waals surface area contributed by atoms with Crippen LogP contribution in [0.4, 0.5) is 5.82 Å². The molecule has 0 radical (unpaired) electrons. The lowest BCUT2D eigenvalue weighted by molar-refractivity contribution is -0.129. The smallest absolute Gasteiger partial charge is 0.223 e. The molecular formula is C22H29N3O. The summed E-state index contributed by atoms with van der Waals surface area (Å²) in [6, 6.07) is 12.2. The summed E-state index contributed by atoms with van der Waals surface area (Å²) >= 11 is 0. The summed E-state index contributed by atoms with van der Waals surface area (Å²) in [6.07, 6.45) is 4.91. The molecule has 0 saturated carbocycles. The molecule has 1 aliphatic heterocycles. The molecule has 2 atom stereocenters. The first-order valence-corrected chi connectivity index (χ1v) is 9.31. The van der Waals surface area contributed by atoms with E-state index in [0.717, 1.165) is 17.5 Å². The van der Waals surface area contributed by atoms with Gasteiger partial charge in [-0.3, -0.25) is 4.79 Å². The van der Waals surface area contributed by atoms with Crippen LogP contribution in [0.15, 0.2) is 49.2 Å². The molecule has 0 spiro atoms. The van der Waals surface area contributed by atoms with Crippen molar-refractivity contribution in [3.8, 4) is 0 Å². The van der Waals surface area contributed by atoms with Gasteiger partial charge in [-0.1, -0.05) is 63.8 Å². The summed E-state index contributed by atoms with van der Waals surface area (Å²) in [5.74, 6) is 0.954. The number of nitrogens with zero attached hydrogens (tertiary/aromatic N) is 2. The first-order chi connectivity index (χ1) is 12.6. The summed E-state index contributed by atoms with van der Waals surface area (Å²) in [5.41, 5.74) is 9.32. The van der Waals surface area contributed by atoms with E-state index in [1.54, 1.807) is 6.20 Å². The van der Waals surface area contributed by atoms with Gasteiger partial charge in [0.05, 0.1) is 6.04 Å². The maximum atomic E-state index is 12.5. The highest BCUT2D eigenvalue weighted by atomic mass is 16.2. The molecular weight excluding hydrogens is 322 g/mol. The third-order valence-corrected chi connectivity index (χ3v) is 4.74. The van der Waals surface area contributed by atoms with Crippen LogP contribution in [-0.4, -0.2) is 22.3 Å². The number of nitrogens with two attached hydrogens (primary N) is 1. The Morgan fingerprint density at radius 2 is 1.96 bits per heavy atom. The van der Waals surface area contributed by atoms with Gasteiger partial charge in [0.15, 0.2) is 0 Å². The Labute approximate surface area is 156 Å². The van der Waals surface area contributed by atoms with E-state index in [1.165, 1.54) is 5.56 Å². The lowest BCUT2D eigenvalue weighted by Crippen LogP contribution is -2.31. The van der Waals surface area contributed by atoms with Gasteiger partial charge >= 0.3 is 0 Å². The van der Waals surface area contributed by atoms with Crippen molar-refractivity contribution in [1.29, 1.82) is 0 Å². The number of benzene rings is 1. The zero-order valence-corrected chi connectivity index (χ0v) is 16.0. The number of nitrogen functional groups attached to an aromatic ring is 1. The van der Waals surface area contributed by atoms with Crippen molar-refractivity contribution in [3.63, 3.8) is 0 Å². The molecule has 0 aliphatic carbocycles. The van der Waals surface area contributed by atoms with Crippen molar-refractivity contribution in [3.05, 3.63) is 65.9 Å². The number of carbonyl (C=O) groups excluding carboxylic acids is 1. The van der Waals surface area contributed by atoms with Crippen LogP contribution in [0.25, 0.3) is 6.08 Å². The first kappa shape index (κ1) is 19.7. The second-order valence-electron chi connectivity index (χ2n) is 6.39. The lowest BCUT2D eigenvalue weighted by atomic mass is 9.95. The van der Waals surface area contributed by atoms with Crippen LogP contribution in [-0.2, 0) is 11.2 Å². The summed E-state index contributed by atoms with van der Waals surface area (Å²) in [7, 11) is 0. The van der Waals surface area contributed by atoms with Gasteiger partial charge in [0, 0.05) is 24.7 Å². The topological polar surface area (TPSA) is 59.2 Å². The fraction of sp³-hybridized carbons (Fsp3) is 0.364. The Kier molecular flexibility index (Phi) is 6.96. The highest BCUT2D eigenvalue weighted by Gasteiger charge is 2.38. The molecule has 2 heterocycles. The predicted molar refractivity (Wildman–Crippen MR) is 108 cm³/mol. The number of rotatable bonds is 5. The average Bonchev–Trinajstić information content (AvgIpc) is 2.95. The maximum absolute atomic E-state index is 12.5. The third kappa shape index (κ3) is 4.31. The van der Waals surface area contributed by atoms with Gasteiger partial charge < -0.3 is 10.6 Å². The molecule has 4 heteroatoms. The molecule has 2 N–H and O–H groups in total. The van der Waals surface area contributed by atoms with Crippen LogP contribution in [0.3, 0.4) is 0 Å². The minimum atomic E-state index is 0.0126. The van der Waals surface area contributed by atoms with Crippen molar-refractivity contribution in [2.24, 2.45) is 5.92 Å². The number of anilines is 1. The molecule has 1 aliphatic rings. The zero-order chi connectivity index (χ0) is 19.1. The normalized spacial score (nSPS) is 19.0. The van der Waals surface area contributed by atoms with Crippen LogP contribution in [0.1, 0.15) is 49.9 Å². The van der Waals surface area contributed by atoms with Gasteiger partial charge in [-0.05, 0) is 29.5 Å². The fourth-order valence-electron chi connectivity index (χ4n) is 3.45. The minimum Gasteiger partial charge on any atom is -0.383 e. The van der Waals surface area contributed by atoms with Gasteiger partial charge in [0.1, 0.15) is 5.82 Å². The van der Waals surface area contributed by atoms with Crippen molar-refractivity contribution in [1.82, 2.24) is 9.88 Å². The lowest BCUT2D eigenvalue weighted by Gasteiger charge is -2.28. The van der Waals surface area contributed by atoms with Crippen molar-refractivity contribution in [2.75, 3.05) is 12.3 Å². The average molecular weight is 351 g/mol. The van der Waals surface area contributed by atoms with E-state index in [4.69, 9.17) is 5.73 Å². The molecule has 138 valence electrons. The van der Waals surface area contributed by atoms with E-state index >= 15 is 0 Å². The van der Waals surface area contributed by atoms with Crippen molar-refractivity contribution in [2.45, 2.75) is 39.7 Å². The molecule has 1 saturated heterocycles. The SMILES string of the molecule is C=Cc1ccc(CCN2C(=O)CC(C)C2c2cccnc2N)cc1.CC. The van der Waals surface area contributed by atoms with Gasteiger partial charge in [-0.25, -0.2) is 4.98 Å². The predicted octanol–water partition coefficient (Wildman–Crippen LogP) is 4.49. The monoisotopic (exact) mass is 351 g/mol. The van der Waals surface area contributed by atoms with Crippen LogP contribution in [0, 0.1) is 5.92 Å². The van der Waals surface area contributed by atoms with Gasteiger partial charge in [0.2, 0.25) is 5.91 Å². The number of pyridine rings is 1. The Hall–Kier alpha value is -2.62. The molecule has 1 fully saturated rings. The molecule has 26 heavy (non-hydrogen) atoms.